The summed E-state index contributed by atoms with van der Waals surface area (Å²) in [5, 5.41) is 18.9. The molecule has 5 heteroatoms. The van der Waals surface area contributed by atoms with Crippen LogP contribution >= 0.6 is 31.9 Å². The van der Waals surface area contributed by atoms with Crippen LogP contribution < -0.4 is 0 Å². The lowest BCUT2D eigenvalue weighted by atomic mass is 9.95. The molecule has 0 spiro atoms. The Labute approximate surface area is 92.4 Å². The van der Waals surface area contributed by atoms with E-state index in [1.165, 1.54) is 0 Å². The third-order valence-corrected chi connectivity index (χ3v) is 5.00. The normalized spacial score (nSPS) is 27.2. The molecule has 0 radical (unpaired) electrons. The summed E-state index contributed by atoms with van der Waals surface area (Å²) in [5.41, 5.74) is 1.66. The summed E-state index contributed by atoms with van der Waals surface area (Å²) in [6, 6.07) is 0. The van der Waals surface area contributed by atoms with Crippen LogP contribution in [0.4, 0.5) is 0 Å². The number of nitrogens with one attached hydrogen (secondary N) is 1. The number of aromatic amines is 1. The van der Waals surface area contributed by atoms with Crippen molar-refractivity contribution in [3.8, 4) is 11.8 Å². The summed E-state index contributed by atoms with van der Waals surface area (Å²) in [4.78, 5) is 3.14. The number of halogens is 2. The van der Waals surface area contributed by atoms with E-state index in [0.717, 1.165) is 24.0 Å². The lowest BCUT2D eigenvalue weighted by Crippen LogP contribution is -2.24. The number of aromatic hydroxyl groups is 2. The summed E-state index contributed by atoms with van der Waals surface area (Å²) in [6.45, 7) is 0. The molecule has 2 unspecified atom stereocenters. The fourth-order valence-corrected chi connectivity index (χ4v) is 2.66. The van der Waals surface area contributed by atoms with Crippen molar-refractivity contribution >= 4 is 31.9 Å². The number of hydrogen-bond donors (Lipinski definition) is 3. The molecule has 0 fully saturated rings. The highest BCUT2D eigenvalue weighted by atomic mass is 79.9. The van der Waals surface area contributed by atoms with Gasteiger partial charge >= 0.3 is 0 Å². The van der Waals surface area contributed by atoms with E-state index in [9.17, 15) is 10.2 Å². The second-order valence-corrected chi connectivity index (χ2v) is 5.57. The van der Waals surface area contributed by atoms with Crippen LogP contribution in [-0.2, 0) is 12.8 Å². The van der Waals surface area contributed by atoms with Crippen LogP contribution in [0.25, 0.3) is 0 Å². The number of fused-ring (bicyclic) bond motifs is 1. The van der Waals surface area contributed by atoms with Crippen molar-refractivity contribution in [1.29, 1.82) is 0 Å². The van der Waals surface area contributed by atoms with Gasteiger partial charge in [-0.3, -0.25) is 4.98 Å². The Morgan fingerprint density at radius 3 is 1.77 bits per heavy atom. The first-order chi connectivity index (χ1) is 6.09. The molecule has 0 saturated carbocycles. The topological polar surface area (TPSA) is 56.2 Å². The van der Waals surface area contributed by atoms with Crippen molar-refractivity contribution in [2.24, 2.45) is 0 Å². The molecule has 2 rings (SSSR count). The molecule has 13 heavy (non-hydrogen) atoms. The van der Waals surface area contributed by atoms with E-state index in [0.29, 0.717) is 9.65 Å². The monoisotopic (exact) mass is 309 g/mol. The van der Waals surface area contributed by atoms with E-state index in [4.69, 9.17) is 0 Å². The SMILES string of the molecule is Oc1[nH]c(O)c2c1CC(Br)C(Br)C2. The maximum Gasteiger partial charge on any atom is 0.194 e. The van der Waals surface area contributed by atoms with Gasteiger partial charge in [-0.25, -0.2) is 0 Å². The smallest absolute Gasteiger partial charge is 0.194 e. The molecule has 0 saturated heterocycles. The molecule has 3 nitrogen and oxygen atoms in total. The molecule has 0 amide bonds. The average molecular weight is 311 g/mol. The minimum Gasteiger partial charge on any atom is -0.494 e. The van der Waals surface area contributed by atoms with E-state index in [1.54, 1.807) is 0 Å². The molecule has 1 aliphatic rings. The molecular formula is C8H9Br2NO2. The predicted octanol–water partition coefficient (Wildman–Crippen LogP) is 2.05. The first kappa shape index (κ1) is 9.40. The van der Waals surface area contributed by atoms with E-state index >= 15 is 0 Å². The Morgan fingerprint density at radius 1 is 1.00 bits per heavy atom. The summed E-state index contributed by atoms with van der Waals surface area (Å²) in [5.74, 6) is 0.188. The highest BCUT2D eigenvalue weighted by Crippen LogP contribution is 2.39. The summed E-state index contributed by atoms with van der Waals surface area (Å²) in [7, 11) is 0. The van der Waals surface area contributed by atoms with Gasteiger partial charge < -0.3 is 10.2 Å². The second kappa shape index (κ2) is 3.20. The number of hydrogen-bond acceptors (Lipinski definition) is 2. The zero-order valence-electron chi connectivity index (χ0n) is 6.72. The standard InChI is InChI=1S/C8H9Br2NO2/c9-5-1-3-4(2-6(5)10)8(13)11-7(3)12/h5-6,11-13H,1-2H2. The zero-order valence-corrected chi connectivity index (χ0v) is 9.89. The van der Waals surface area contributed by atoms with Crippen LogP contribution in [0.15, 0.2) is 0 Å². The van der Waals surface area contributed by atoms with E-state index in [2.05, 4.69) is 36.8 Å². The summed E-state index contributed by atoms with van der Waals surface area (Å²) >= 11 is 7.03. The Kier molecular flexibility index (Phi) is 2.32. The molecule has 72 valence electrons. The van der Waals surface area contributed by atoms with Gasteiger partial charge in [-0.2, -0.15) is 0 Å². The predicted molar refractivity (Wildman–Crippen MR) is 57.0 cm³/mol. The largest absolute Gasteiger partial charge is 0.494 e. The lowest BCUT2D eigenvalue weighted by Gasteiger charge is -2.22. The quantitative estimate of drug-likeness (QED) is 0.642. The Bertz CT molecular complexity index is 307. The van der Waals surface area contributed by atoms with Crippen LogP contribution in [0.5, 0.6) is 11.8 Å². The average Bonchev–Trinajstić information content (AvgIpc) is 2.31. The first-order valence-corrected chi connectivity index (χ1v) is 5.82. The van der Waals surface area contributed by atoms with Crippen molar-refractivity contribution in [3.05, 3.63) is 11.1 Å². The molecule has 3 N–H and O–H groups in total. The lowest BCUT2D eigenvalue weighted by molar-refractivity contribution is 0.422. The maximum absolute atomic E-state index is 9.43. The molecule has 2 atom stereocenters. The number of rotatable bonds is 0. The van der Waals surface area contributed by atoms with E-state index in [1.807, 2.05) is 0 Å². The minimum atomic E-state index is 0.0938. The van der Waals surface area contributed by atoms with Gasteiger partial charge in [-0.05, 0) is 12.8 Å². The van der Waals surface area contributed by atoms with Crippen LogP contribution in [0.3, 0.4) is 0 Å². The minimum absolute atomic E-state index is 0.0938. The van der Waals surface area contributed by atoms with E-state index < -0.39 is 0 Å². The molecule has 1 aromatic heterocycles. The molecular weight excluding hydrogens is 302 g/mol. The van der Waals surface area contributed by atoms with Gasteiger partial charge in [-0.1, -0.05) is 31.9 Å². The Morgan fingerprint density at radius 2 is 1.38 bits per heavy atom. The van der Waals surface area contributed by atoms with Gasteiger partial charge in [0.2, 0.25) is 0 Å². The Balaban J connectivity index is 2.44. The van der Waals surface area contributed by atoms with Gasteiger partial charge in [0, 0.05) is 20.8 Å². The number of alkyl halides is 2. The first-order valence-electron chi connectivity index (χ1n) is 3.99. The Hall–Kier alpha value is -0.160. The third-order valence-electron chi connectivity index (χ3n) is 2.36. The van der Waals surface area contributed by atoms with Crippen molar-refractivity contribution in [1.82, 2.24) is 4.98 Å². The molecule has 0 aromatic carbocycles. The van der Waals surface area contributed by atoms with Crippen LogP contribution in [0, 0.1) is 0 Å². The number of H-pyrrole nitrogens is 1. The van der Waals surface area contributed by atoms with Crippen molar-refractivity contribution < 1.29 is 10.2 Å². The highest BCUT2D eigenvalue weighted by Gasteiger charge is 2.30. The summed E-state index contributed by atoms with van der Waals surface area (Å²) in [6.07, 6.45) is 1.46. The van der Waals surface area contributed by atoms with Gasteiger partial charge in [0.05, 0.1) is 0 Å². The fraction of sp³-hybridized carbons (Fsp3) is 0.500. The molecule has 1 aromatic rings. The molecule has 1 heterocycles. The van der Waals surface area contributed by atoms with E-state index in [-0.39, 0.29) is 11.8 Å². The van der Waals surface area contributed by atoms with Gasteiger partial charge in [-0.15, -0.1) is 0 Å². The third kappa shape index (κ3) is 1.48. The maximum atomic E-state index is 9.43. The summed E-state index contributed by atoms with van der Waals surface area (Å²) < 4.78 is 0. The van der Waals surface area contributed by atoms with Crippen molar-refractivity contribution in [3.63, 3.8) is 0 Å². The second-order valence-electron chi connectivity index (χ2n) is 3.22. The van der Waals surface area contributed by atoms with Crippen molar-refractivity contribution in [2.45, 2.75) is 22.5 Å². The van der Waals surface area contributed by atoms with Gasteiger partial charge in [0.25, 0.3) is 0 Å². The van der Waals surface area contributed by atoms with Gasteiger partial charge in [0.1, 0.15) is 0 Å². The highest BCUT2D eigenvalue weighted by molar-refractivity contribution is 9.12. The van der Waals surface area contributed by atoms with Crippen molar-refractivity contribution in [2.75, 3.05) is 0 Å². The molecule has 0 aliphatic heterocycles. The van der Waals surface area contributed by atoms with Crippen LogP contribution in [-0.4, -0.2) is 24.9 Å². The number of aromatic nitrogens is 1. The zero-order chi connectivity index (χ0) is 9.59. The molecule has 1 aliphatic carbocycles. The van der Waals surface area contributed by atoms with Gasteiger partial charge in [0.15, 0.2) is 11.8 Å². The van der Waals surface area contributed by atoms with Crippen LogP contribution in [0.2, 0.25) is 0 Å². The van der Waals surface area contributed by atoms with Crippen LogP contribution in [0.1, 0.15) is 11.1 Å². The fourth-order valence-electron chi connectivity index (χ4n) is 1.63. The molecule has 0 bridgehead atoms.